The van der Waals surface area contributed by atoms with Gasteiger partial charge in [-0.1, -0.05) is 42.5 Å². The number of nitrogens with two attached hydrogens (primary N) is 1. The molecule has 0 aliphatic rings. The minimum Gasteiger partial charge on any atom is -0.489 e. The summed E-state index contributed by atoms with van der Waals surface area (Å²) in [6.45, 7) is 2.10. The summed E-state index contributed by atoms with van der Waals surface area (Å²) in [4.78, 5) is 0. The maximum Gasteiger partial charge on any atom is 0.137 e. The number of ether oxygens (including phenoxy) is 1. The van der Waals surface area contributed by atoms with Crippen molar-refractivity contribution in [3.05, 3.63) is 83.4 Å². The number of hydrogen-bond acceptors (Lipinski definition) is 3. The second kappa shape index (κ2) is 7.54. The van der Waals surface area contributed by atoms with Gasteiger partial charge in [0.2, 0.25) is 0 Å². The molecule has 3 aromatic rings. The first kappa shape index (κ1) is 17.9. The molecule has 5 heteroatoms. The van der Waals surface area contributed by atoms with Crippen LogP contribution in [0.5, 0.6) is 5.75 Å². The SMILES string of the molecule is Cc1cccc(N(C)N)c1COc1cc(F)c(-c2ccccc2)c(F)c1. The van der Waals surface area contributed by atoms with Crippen LogP contribution in [-0.2, 0) is 6.61 Å². The molecule has 0 heterocycles. The Morgan fingerprint density at radius 2 is 1.62 bits per heavy atom. The highest BCUT2D eigenvalue weighted by atomic mass is 19.1. The summed E-state index contributed by atoms with van der Waals surface area (Å²) >= 11 is 0. The zero-order chi connectivity index (χ0) is 18.7. The van der Waals surface area contributed by atoms with Crippen molar-refractivity contribution in [1.29, 1.82) is 0 Å². The van der Waals surface area contributed by atoms with Crippen LogP contribution >= 0.6 is 0 Å². The van der Waals surface area contributed by atoms with Crippen LogP contribution < -0.4 is 15.6 Å². The van der Waals surface area contributed by atoms with Gasteiger partial charge in [-0.15, -0.1) is 0 Å². The minimum absolute atomic E-state index is 0.0591. The summed E-state index contributed by atoms with van der Waals surface area (Å²) in [5, 5.41) is 1.49. The first-order chi connectivity index (χ1) is 12.5. The molecule has 0 aliphatic carbocycles. The average molecular weight is 354 g/mol. The largest absolute Gasteiger partial charge is 0.489 e. The summed E-state index contributed by atoms with van der Waals surface area (Å²) in [5.74, 6) is 4.66. The zero-order valence-electron chi connectivity index (χ0n) is 14.7. The lowest BCUT2D eigenvalue weighted by Crippen LogP contribution is -2.26. The van der Waals surface area contributed by atoms with Gasteiger partial charge in [0.25, 0.3) is 0 Å². The molecule has 3 aromatic carbocycles. The third kappa shape index (κ3) is 3.68. The van der Waals surface area contributed by atoms with E-state index in [-0.39, 0.29) is 17.9 Å². The molecule has 0 saturated heterocycles. The van der Waals surface area contributed by atoms with E-state index in [1.165, 1.54) is 17.1 Å². The van der Waals surface area contributed by atoms with Crippen molar-refractivity contribution in [2.45, 2.75) is 13.5 Å². The standard InChI is InChI=1S/C21H20F2N2O/c1-14-7-6-10-20(25(2)24)17(14)13-26-16-11-18(22)21(19(23)12-16)15-8-4-3-5-9-15/h3-12H,13,24H2,1-2H3. The molecule has 2 N–H and O–H groups in total. The molecule has 0 atom stereocenters. The quantitative estimate of drug-likeness (QED) is 0.527. The Hall–Kier alpha value is -2.92. The summed E-state index contributed by atoms with van der Waals surface area (Å²) in [6, 6.07) is 16.7. The van der Waals surface area contributed by atoms with E-state index in [2.05, 4.69) is 0 Å². The molecule has 0 fully saturated rings. The van der Waals surface area contributed by atoms with E-state index in [0.717, 1.165) is 16.8 Å². The van der Waals surface area contributed by atoms with E-state index in [1.54, 1.807) is 37.4 Å². The Bertz CT molecular complexity index is 888. The van der Waals surface area contributed by atoms with Gasteiger partial charge in [-0.2, -0.15) is 0 Å². The van der Waals surface area contributed by atoms with Crippen molar-refractivity contribution in [3.8, 4) is 16.9 Å². The zero-order valence-corrected chi connectivity index (χ0v) is 14.7. The van der Waals surface area contributed by atoms with Crippen LogP contribution in [-0.4, -0.2) is 7.05 Å². The fraction of sp³-hybridized carbons (Fsp3) is 0.143. The Balaban J connectivity index is 1.87. The molecule has 0 amide bonds. The van der Waals surface area contributed by atoms with Crippen molar-refractivity contribution >= 4 is 5.69 Å². The van der Waals surface area contributed by atoms with E-state index in [1.807, 2.05) is 25.1 Å². The predicted molar refractivity (Wildman–Crippen MR) is 99.9 cm³/mol. The fourth-order valence-corrected chi connectivity index (χ4v) is 2.87. The monoisotopic (exact) mass is 354 g/mol. The van der Waals surface area contributed by atoms with Crippen molar-refractivity contribution in [1.82, 2.24) is 0 Å². The van der Waals surface area contributed by atoms with Crippen molar-refractivity contribution in [2.75, 3.05) is 12.1 Å². The maximum atomic E-state index is 14.5. The van der Waals surface area contributed by atoms with Crippen LogP contribution in [0, 0.1) is 18.6 Å². The molecule has 26 heavy (non-hydrogen) atoms. The van der Waals surface area contributed by atoms with Crippen LogP contribution in [0.25, 0.3) is 11.1 Å². The van der Waals surface area contributed by atoms with E-state index in [0.29, 0.717) is 5.56 Å². The second-order valence-corrected chi connectivity index (χ2v) is 6.10. The molecule has 0 bridgehead atoms. The number of aryl methyl sites for hydroxylation is 1. The van der Waals surface area contributed by atoms with Gasteiger partial charge in [-0.25, -0.2) is 14.6 Å². The highest BCUT2D eigenvalue weighted by Crippen LogP contribution is 2.30. The highest BCUT2D eigenvalue weighted by molar-refractivity contribution is 5.65. The second-order valence-electron chi connectivity index (χ2n) is 6.10. The maximum absolute atomic E-state index is 14.5. The summed E-state index contributed by atoms with van der Waals surface area (Å²) in [7, 11) is 1.73. The summed E-state index contributed by atoms with van der Waals surface area (Å²) in [6.07, 6.45) is 0. The van der Waals surface area contributed by atoms with E-state index in [4.69, 9.17) is 10.6 Å². The first-order valence-electron chi connectivity index (χ1n) is 8.21. The van der Waals surface area contributed by atoms with Gasteiger partial charge < -0.3 is 9.75 Å². The number of benzene rings is 3. The predicted octanol–water partition coefficient (Wildman–Crippen LogP) is 4.83. The van der Waals surface area contributed by atoms with Crippen LogP contribution in [0.15, 0.2) is 60.7 Å². The molecule has 134 valence electrons. The van der Waals surface area contributed by atoms with E-state index >= 15 is 0 Å². The molecule has 0 aromatic heterocycles. The summed E-state index contributed by atoms with van der Waals surface area (Å²) < 4.78 is 34.6. The lowest BCUT2D eigenvalue weighted by atomic mass is 10.0. The lowest BCUT2D eigenvalue weighted by molar-refractivity contribution is 0.302. The van der Waals surface area contributed by atoms with Gasteiger partial charge in [-0.3, -0.25) is 0 Å². The molecule has 0 aliphatic heterocycles. The van der Waals surface area contributed by atoms with Gasteiger partial charge in [0.1, 0.15) is 24.0 Å². The van der Waals surface area contributed by atoms with Gasteiger partial charge in [0.15, 0.2) is 0 Å². The van der Waals surface area contributed by atoms with Crippen molar-refractivity contribution < 1.29 is 13.5 Å². The molecule has 3 nitrogen and oxygen atoms in total. The van der Waals surface area contributed by atoms with Crippen LogP contribution in [0.4, 0.5) is 14.5 Å². The Labute approximate surface area is 151 Å². The number of hydrogen-bond donors (Lipinski definition) is 1. The topological polar surface area (TPSA) is 38.5 Å². The first-order valence-corrected chi connectivity index (χ1v) is 8.21. The molecule has 0 saturated carbocycles. The van der Waals surface area contributed by atoms with Gasteiger partial charge in [0, 0.05) is 24.7 Å². The number of anilines is 1. The fourth-order valence-electron chi connectivity index (χ4n) is 2.87. The summed E-state index contributed by atoms with van der Waals surface area (Å²) in [5.41, 5.74) is 3.08. The lowest BCUT2D eigenvalue weighted by Gasteiger charge is -2.19. The van der Waals surface area contributed by atoms with Crippen LogP contribution in [0.2, 0.25) is 0 Å². The Morgan fingerprint density at radius 1 is 0.962 bits per heavy atom. The average Bonchev–Trinajstić information content (AvgIpc) is 2.60. The number of rotatable bonds is 5. The third-order valence-corrected chi connectivity index (χ3v) is 4.23. The Morgan fingerprint density at radius 3 is 2.23 bits per heavy atom. The molecule has 0 radical (unpaired) electrons. The molecule has 0 unspecified atom stereocenters. The third-order valence-electron chi connectivity index (χ3n) is 4.23. The number of hydrazine groups is 1. The normalized spacial score (nSPS) is 10.7. The van der Waals surface area contributed by atoms with Crippen LogP contribution in [0.1, 0.15) is 11.1 Å². The molecular weight excluding hydrogens is 334 g/mol. The van der Waals surface area contributed by atoms with Crippen LogP contribution in [0.3, 0.4) is 0 Å². The van der Waals surface area contributed by atoms with E-state index in [9.17, 15) is 8.78 Å². The minimum atomic E-state index is -0.660. The molecule has 0 spiro atoms. The van der Waals surface area contributed by atoms with Gasteiger partial charge in [-0.05, 0) is 24.1 Å². The van der Waals surface area contributed by atoms with Crippen molar-refractivity contribution in [2.24, 2.45) is 5.84 Å². The number of nitrogens with zero attached hydrogens (tertiary/aromatic N) is 1. The highest BCUT2D eigenvalue weighted by Gasteiger charge is 2.15. The Kier molecular flexibility index (Phi) is 5.19. The smallest absolute Gasteiger partial charge is 0.137 e. The number of halogens is 2. The van der Waals surface area contributed by atoms with Gasteiger partial charge >= 0.3 is 0 Å². The van der Waals surface area contributed by atoms with Crippen molar-refractivity contribution in [3.63, 3.8) is 0 Å². The molecular formula is C21H20F2N2O. The van der Waals surface area contributed by atoms with E-state index < -0.39 is 11.6 Å². The molecule has 3 rings (SSSR count). The van der Waals surface area contributed by atoms with Gasteiger partial charge in [0.05, 0.1) is 11.3 Å².